The van der Waals surface area contributed by atoms with Gasteiger partial charge >= 0.3 is 5.97 Å². The summed E-state index contributed by atoms with van der Waals surface area (Å²) in [6.07, 6.45) is 2.88. The second-order valence-electron chi connectivity index (χ2n) is 4.23. The Bertz CT molecular complexity index is 667. The minimum Gasteiger partial charge on any atom is -0.480 e. The van der Waals surface area contributed by atoms with Crippen LogP contribution in [-0.4, -0.2) is 26.8 Å². The zero-order valence-corrected chi connectivity index (χ0v) is 12.2. The number of carboxylic acids is 1. The van der Waals surface area contributed by atoms with Crippen molar-refractivity contribution in [1.29, 1.82) is 0 Å². The van der Waals surface area contributed by atoms with Gasteiger partial charge in [0.05, 0.1) is 11.9 Å². The topological polar surface area (TPSA) is 84.2 Å². The van der Waals surface area contributed by atoms with E-state index in [1.165, 1.54) is 17.1 Å². The lowest BCUT2D eigenvalue weighted by Gasteiger charge is -2.06. The van der Waals surface area contributed by atoms with Gasteiger partial charge in [0.25, 0.3) is 5.91 Å². The van der Waals surface area contributed by atoms with E-state index >= 15 is 0 Å². The van der Waals surface area contributed by atoms with E-state index in [0.717, 1.165) is 10.0 Å². The Morgan fingerprint density at radius 2 is 2.20 bits per heavy atom. The number of hydrogen-bond acceptors (Lipinski definition) is 3. The number of carbonyl (C=O) groups excluding carboxylic acids is 1. The number of hydrogen-bond donors (Lipinski definition) is 2. The number of benzene rings is 1. The van der Waals surface area contributed by atoms with Crippen LogP contribution < -0.4 is 5.32 Å². The van der Waals surface area contributed by atoms with Gasteiger partial charge in [0.1, 0.15) is 6.54 Å². The lowest BCUT2D eigenvalue weighted by molar-refractivity contribution is -0.137. The summed E-state index contributed by atoms with van der Waals surface area (Å²) in [5.41, 5.74) is 1.85. The Kier molecular flexibility index (Phi) is 4.19. The molecular weight excluding hydrogens is 326 g/mol. The normalized spacial score (nSPS) is 10.3. The molecule has 0 aliphatic carbocycles. The van der Waals surface area contributed by atoms with Gasteiger partial charge < -0.3 is 10.4 Å². The SMILES string of the molecule is Cc1cc(Br)ccc1C(=O)Nc1cnn(CC(=O)O)c1. The Balaban J connectivity index is 2.11. The van der Waals surface area contributed by atoms with Crippen LogP contribution in [0.15, 0.2) is 35.1 Å². The van der Waals surface area contributed by atoms with Gasteiger partial charge in [-0.1, -0.05) is 15.9 Å². The highest BCUT2D eigenvalue weighted by Gasteiger charge is 2.11. The third kappa shape index (κ3) is 3.45. The van der Waals surface area contributed by atoms with Crippen molar-refractivity contribution in [3.05, 3.63) is 46.2 Å². The van der Waals surface area contributed by atoms with E-state index in [9.17, 15) is 9.59 Å². The predicted molar refractivity (Wildman–Crippen MR) is 76.7 cm³/mol. The van der Waals surface area contributed by atoms with E-state index in [1.54, 1.807) is 12.1 Å². The van der Waals surface area contributed by atoms with Crippen molar-refractivity contribution in [2.75, 3.05) is 5.32 Å². The molecule has 1 heterocycles. The summed E-state index contributed by atoms with van der Waals surface area (Å²) in [6, 6.07) is 5.36. The zero-order chi connectivity index (χ0) is 14.7. The average Bonchev–Trinajstić information content (AvgIpc) is 2.75. The molecule has 0 spiro atoms. The van der Waals surface area contributed by atoms with Gasteiger partial charge in [-0.05, 0) is 30.7 Å². The van der Waals surface area contributed by atoms with Crippen LogP contribution in [0.2, 0.25) is 0 Å². The number of rotatable bonds is 4. The zero-order valence-electron chi connectivity index (χ0n) is 10.6. The lowest BCUT2D eigenvalue weighted by atomic mass is 10.1. The maximum absolute atomic E-state index is 12.1. The largest absolute Gasteiger partial charge is 0.480 e. The molecular formula is C13H12BrN3O3. The molecule has 20 heavy (non-hydrogen) atoms. The first-order valence-electron chi connectivity index (χ1n) is 5.77. The molecule has 0 saturated heterocycles. The molecule has 0 unspecified atom stereocenters. The molecule has 0 radical (unpaired) electrons. The molecule has 1 aromatic carbocycles. The monoisotopic (exact) mass is 337 g/mol. The van der Waals surface area contributed by atoms with Crippen molar-refractivity contribution in [2.24, 2.45) is 0 Å². The molecule has 104 valence electrons. The fourth-order valence-electron chi connectivity index (χ4n) is 1.73. The Morgan fingerprint density at radius 3 is 2.85 bits per heavy atom. The van der Waals surface area contributed by atoms with Gasteiger partial charge in [0.2, 0.25) is 0 Å². The van der Waals surface area contributed by atoms with Gasteiger partial charge in [-0.2, -0.15) is 5.10 Å². The number of halogens is 1. The minimum absolute atomic E-state index is 0.243. The molecule has 2 aromatic rings. The van der Waals surface area contributed by atoms with Crippen LogP contribution in [0.4, 0.5) is 5.69 Å². The number of aliphatic carboxylic acids is 1. The molecule has 1 amide bonds. The van der Waals surface area contributed by atoms with E-state index < -0.39 is 5.97 Å². The van der Waals surface area contributed by atoms with Crippen molar-refractivity contribution in [3.63, 3.8) is 0 Å². The molecule has 1 aromatic heterocycles. The van der Waals surface area contributed by atoms with Crippen molar-refractivity contribution in [1.82, 2.24) is 9.78 Å². The van der Waals surface area contributed by atoms with Crippen LogP contribution in [0.1, 0.15) is 15.9 Å². The van der Waals surface area contributed by atoms with Crippen LogP contribution in [0.5, 0.6) is 0 Å². The Morgan fingerprint density at radius 1 is 1.45 bits per heavy atom. The van der Waals surface area contributed by atoms with Crippen LogP contribution in [0, 0.1) is 6.92 Å². The number of carbonyl (C=O) groups is 2. The Labute approximate surface area is 123 Å². The van der Waals surface area contributed by atoms with Crippen LogP contribution in [0.3, 0.4) is 0 Å². The van der Waals surface area contributed by atoms with Crippen molar-refractivity contribution >= 4 is 33.5 Å². The third-order valence-electron chi connectivity index (χ3n) is 2.62. The number of amides is 1. The smallest absolute Gasteiger partial charge is 0.325 e. The van der Waals surface area contributed by atoms with Gasteiger partial charge in [0.15, 0.2) is 0 Å². The van der Waals surface area contributed by atoms with Gasteiger partial charge in [-0.25, -0.2) is 0 Å². The van der Waals surface area contributed by atoms with Gasteiger partial charge in [-0.15, -0.1) is 0 Å². The molecule has 0 bridgehead atoms. The summed E-state index contributed by atoms with van der Waals surface area (Å²) < 4.78 is 2.15. The molecule has 0 aliphatic rings. The summed E-state index contributed by atoms with van der Waals surface area (Å²) in [5.74, 6) is -1.25. The van der Waals surface area contributed by atoms with Crippen molar-refractivity contribution < 1.29 is 14.7 Å². The van der Waals surface area contributed by atoms with Crippen LogP contribution >= 0.6 is 15.9 Å². The molecule has 0 saturated carbocycles. The van der Waals surface area contributed by atoms with Crippen LogP contribution in [0.25, 0.3) is 0 Å². The number of nitrogens with zero attached hydrogens (tertiary/aromatic N) is 2. The first-order chi connectivity index (χ1) is 9.45. The highest BCUT2D eigenvalue weighted by atomic mass is 79.9. The van der Waals surface area contributed by atoms with E-state index in [4.69, 9.17) is 5.11 Å². The van der Waals surface area contributed by atoms with Crippen molar-refractivity contribution in [3.8, 4) is 0 Å². The number of aryl methyl sites for hydroxylation is 1. The summed E-state index contributed by atoms with van der Waals surface area (Å²) in [7, 11) is 0. The molecule has 6 nitrogen and oxygen atoms in total. The summed E-state index contributed by atoms with van der Waals surface area (Å²) in [4.78, 5) is 22.6. The summed E-state index contributed by atoms with van der Waals surface area (Å²) in [5, 5.41) is 15.2. The number of aromatic nitrogens is 2. The Hall–Kier alpha value is -2.15. The molecule has 7 heteroatoms. The molecule has 0 fully saturated rings. The minimum atomic E-state index is -0.991. The van der Waals surface area contributed by atoms with Crippen molar-refractivity contribution in [2.45, 2.75) is 13.5 Å². The fraction of sp³-hybridized carbons (Fsp3) is 0.154. The first-order valence-corrected chi connectivity index (χ1v) is 6.57. The maximum Gasteiger partial charge on any atom is 0.325 e. The highest BCUT2D eigenvalue weighted by Crippen LogP contribution is 2.17. The average molecular weight is 338 g/mol. The maximum atomic E-state index is 12.1. The van der Waals surface area contributed by atoms with E-state index in [0.29, 0.717) is 11.3 Å². The standard InChI is InChI=1S/C13H12BrN3O3/c1-8-4-9(14)2-3-11(8)13(20)16-10-5-15-17(6-10)7-12(18)19/h2-6H,7H2,1H3,(H,16,20)(H,18,19). The second kappa shape index (κ2) is 5.87. The van der Waals surface area contributed by atoms with E-state index in [-0.39, 0.29) is 12.5 Å². The first kappa shape index (κ1) is 14.3. The quantitative estimate of drug-likeness (QED) is 0.896. The number of nitrogens with one attached hydrogen (secondary N) is 1. The van der Waals surface area contributed by atoms with Gasteiger partial charge in [0, 0.05) is 16.2 Å². The third-order valence-corrected chi connectivity index (χ3v) is 3.11. The highest BCUT2D eigenvalue weighted by molar-refractivity contribution is 9.10. The van der Waals surface area contributed by atoms with E-state index in [1.807, 2.05) is 13.0 Å². The second-order valence-corrected chi connectivity index (χ2v) is 5.15. The molecule has 2 N–H and O–H groups in total. The van der Waals surface area contributed by atoms with Gasteiger partial charge in [-0.3, -0.25) is 14.3 Å². The number of carboxylic acid groups (broad SMARTS) is 1. The van der Waals surface area contributed by atoms with Crippen LogP contribution in [-0.2, 0) is 11.3 Å². The van der Waals surface area contributed by atoms with E-state index in [2.05, 4.69) is 26.3 Å². The molecule has 0 aliphatic heterocycles. The lowest BCUT2D eigenvalue weighted by Crippen LogP contribution is -2.13. The number of anilines is 1. The summed E-state index contributed by atoms with van der Waals surface area (Å²) >= 11 is 3.34. The molecule has 2 rings (SSSR count). The predicted octanol–water partition coefficient (Wildman–Crippen LogP) is 2.29. The fourth-order valence-corrected chi connectivity index (χ4v) is 2.21. The summed E-state index contributed by atoms with van der Waals surface area (Å²) in [6.45, 7) is 1.60. The molecule has 0 atom stereocenters.